The number of nitrogens with one attached hydrogen (secondary N) is 1. The third kappa shape index (κ3) is 4.88. The van der Waals surface area contributed by atoms with Crippen LogP contribution in [0.2, 0.25) is 10.0 Å². The zero-order valence-electron chi connectivity index (χ0n) is 14.1. The van der Waals surface area contributed by atoms with E-state index in [0.29, 0.717) is 11.6 Å². The molecule has 0 aliphatic carbocycles. The predicted molar refractivity (Wildman–Crippen MR) is 105 cm³/mol. The number of nitrogens with zero attached hydrogens (tertiary/aromatic N) is 2. The van der Waals surface area contributed by atoms with Gasteiger partial charge in [-0.25, -0.2) is 0 Å². The van der Waals surface area contributed by atoms with Crippen molar-refractivity contribution in [3.05, 3.63) is 58.1 Å². The van der Waals surface area contributed by atoms with Gasteiger partial charge in [-0.2, -0.15) is 0 Å². The van der Waals surface area contributed by atoms with Crippen LogP contribution in [0.25, 0.3) is 0 Å². The maximum Gasteiger partial charge on any atom is 0.238 e. The molecule has 25 heavy (non-hydrogen) atoms. The normalized spacial score (nSPS) is 15.2. The van der Waals surface area contributed by atoms with Crippen molar-refractivity contribution in [1.29, 1.82) is 0 Å². The minimum atomic E-state index is -0.0188. The summed E-state index contributed by atoms with van der Waals surface area (Å²) >= 11 is 12.1. The molecule has 1 aliphatic rings. The molecule has 4 nitrogen and oxygen atoms in total. The van der Waals surface area contributed by atoms with E-state index in [1.807, 2.05) is 30.3 Å². The second-order valence-electron chi connectivity index (χ2n) is 6.25. The number of amides is 1. The van der Waals surface area contributed by atoms with Gasteiger partial charge in [-0.1, -0.05) is 35.3 Å². The van der Waals surface area contributed by atoms with E-state index in [1.54, 1.807) is 12.1 Å². The molecule has 1 fully saturated rings. The van der Waals surface area contributed by atoms with Crippen LogP contribution in [-0.4, -0.2) is 43.5 Å². The predicted octanol–water partition coefficient (Wildman–Crippen LogP) is 4.06. The van der Waals surface area contributed by atoms with E-state index in [0.717, 1.165) is 36.9 Å². The van der Waals surface area contributed by atoms with Crippen LogP contribution in [0.3, 0.4) is 0 Å². The minimum absolute atomic E-state index is 0.0188. The van der Waals surface area contributed by atoms with Gasteiger partial charge < -0.3 is 10.2 Å². The average molecular weight is 378 g/mol. The lowest BCUT2D eigenvalue weighted by atomic mass is 10.1. The molecule has 3 rings (SSSR count). The lowest BCUT2D eigenvalue weighted by Crippen LogP contribution is -2.48. The Bertz CT molecular complexity index is 758. The van der Waals surface area contributed by atoms with Gasteiger partial charge >= 0.3 is 0 Å². The summed E-state index contributed by atoms with van der Waals surface area (Å²) in [7, 11) is 0. The molecule has 0 atom stereocenters. The Hall–Kier alpha value is -1.75. The van der Waals surface area contributed by atoms with Crippen LogP contribution in [0.1, 0.15) is 5.56 Å². The van der Waals surface area contributed by atoms with Gasteiger partial charge in [0.2, 0.25) is 5.91 Å². The summed E-state index contributed by atoms with van der Waals surface area (Å²) in [5.74, 6) is -0.0188. The summed E-state index contributed by atoms with van der Waals surface area (Å²) in [6, 6.07) is 13.2. The standard InChI is InChI=1S/C19H21Cl2N3O/c1-14-5-6-16(21)12-18(14)24-9-7-23(8-10-24)13-19(25)22-17-4-2-3-15(20)11-17/h2-6,11-12H,7-10,13H2,1H3,(H,22,25). The van der Waals surface area contributed by atoms with Gasteiger partial charge in [0.15, 0.2) is 0 Å². The van der Waals surface area contributed by atoms with Gasteiger partial charge in [0, 0.05) is 47.6 Å². The van der Waals surface area contributed by atoms with Crippen molar-refractivity contribution in [3.8, 4) is 0 Å². The van der Waals surface area contributed by atoms with E-state index in [-0.39, 0.29) is 5.91 Å². The minimum Gasteiger partial charge on any atom is -0.369 e. The van der Waals surface area contributed by atoms with Crippen LogP contribution in [-0.2, 0) is 4.79 Å². The van der Waals surface area contributed by atoms with Gasteiger partial charge in [0.05, 0.1) is 6.54 Å². The molecule has 0 aromatic heterocycles. The number of benzene rings is 2. The fourth-order valence-corrected chi connectivity index (χ4v) is 3.40. The third-order valence-electron chi connectivity index (χ3n) is 4.36. The fourth-order valence-electron chi connectivity index (χ4n) is 3.04. The van der Waals surface area contributed by atoms with Crippen molar-refractivity contribution in [1.82, 2.24) is 4.90 Å². The number of anilines is 2. The maximum absolute atomic E-state index is 12.2. The molecule has 1 amide bonds. The molecule has 132 valence electrons. The van der Waals surface area contributed by atoms with Crippen LogP contribution in [0.5, 0.6) is 0 Å². The van der Waals surface area contributed by atoms with Crippen molar-refractivity contribution in [2.24, 2.45) is 0 Å². The molecule has 0 radical (unpaired) electrons. The number of hydrogen-bond acceptors (Lipinski definition) is 3. The van der Waals surface area contributed by atoms with Crippen LogP contribution in [0.15, 0.2) is 42.5 Å². The van der Waals surface area contributed by atoms with E-state index in [2.05, 4.69) is 22.0 Å². The second kappa shape index (κ2) is 8.09. The van der Waals surface area contributed by atoms with Gasteiger partial charge in [-0.05, 0) is 42.8 Å². The second-order valence-corrected chi connectivity index (χ2v) is 7.13. The van der Waals surface area contributed by atoms with Crippen molar-refractivity contribution in [2.75, 3.05) is 42.9 Å². The lowest BCUT2D eigenvalue weighted by molar-refractivity contribution is -0.117. The van der Waals surface area contributed by atoms with E-state index >= 15 is 0 Å². The number of hydrogen-bond donors (Lipinski definition) is 1. The molecule has 2 aromatic rings. The third-order valence-corrected chi connectivity index (χ3v) is 4.83. The molecule has 1 heterocycles. The van der Waals surface area contributed by atoms with E-state index in [1.165, 1.54) is 11.3 Å². The summed E-state index contributed by atoms with van der Waals surface area (Å²) in [5.41, 5.74) is 3.12. The Morgan fingerprint density at radius 2 is 1.76 bits per heavy atom. The van der Waals surface area contributed by atoms with Gasteiger partial charge in [0.25, 0.3) is 0 Å². The highest BCUT2D eigenvalue weighted by Crippen LogP contribution is 2.25. The van der Waals surface area contributed by atoms with Crippen LogP contribution in [0, 0.1) is 6.92 Å². The summed E-state index contributed by atoms with van der Waals surface area (Å²) in [6.45, 7) is 5.92. The zero-order valence-corrected chi connectivity index (χ0v) is 15.6. The first-order valence-electron chi connectivity index (χ1n) is 8.30. The van der Waals surface area contributed by atoms with Crippen molar-refractivity contribution >= 4 is 40.5 Å². The molecule has 1 aliphatic heterocycles. The molecular weight excluding hydrogens is 357 g/mol. The molecule has 2 aromatic carbocycles. The summed E-state index contributed by atoms with van der Waals surface area (Å²) in [5, 5.41) is 4.26. The van der Waals surface area contributed by atoms with Gasteiger partial charge in [0.1, 0.15) is 0 Å². The monoisotopic (exact) mass is 377 g/mol. The molecule has 0 saturated carbocycles. The molecular formula is C19H21Cl2N3O. The highest BCUT2D eigenvalue weighted by molar-refractivity contribution is 6.31. The van der Waals surface area contributed by atoms with Crippen molar-refractivity contribution in [3.63, 3.8) is 0 Å². The van der Waals surface area contributed by atoms with Crippen molar-refractivity contribution < 1.29 is 4.79 Å². The molecule has 1 N–H and O–H groups in total. The largest absolute Gasteiger partial charge is 0.369 e. The van der Waals surface area contributed by atoms with Crippen molar-refractivity contribution in [2.45, 2.75) is 6.92 Å². The summed E-state index contributed by atoms with van der Waals surface area (Å²) < 4.78 is 0. The maximum atomic E-state index is 12.2. The van der Waals surface area contributed by atoms with E-state index < -0.39 is 0 Å². The topological polar surface area (TPSA) is 35.6 Å². The molecule has 0 bridgehead atoms. The lowest BCUT2D eigenvalue weighted by Gasteiger charge is -2.36. The Balaban J connectivity index is 1.52. The van der Waals surface area contributed by atoms with E-state index in [9.17, 15) is 4.79 Å². The smallest absolute Gasteiger partial charge is 0.238 e. The Kier molecular flexibility index (Phi) is 5.84. The first-order valence-corrected chi connectivity index (χ1v) is 9.06. The summed E-state index contributed by atoms with van der Waals surface area (Å²) in [6.07, 6.45) is 0. The fraction of sp³-hybridized carbons (Fsp3) is 0.316. The average Bonchev–Trinajstić information content (AvgIpc) is 2.58. The molecule has 6 heteroatoms. The Morgan fingerprint density at radius 3 is 2.48 bits per heavy atom. The molecule has 0 spiro atoms. The van der Waals surface area contributed by atoms with Gasteiger partial charge in [-0.3, -0.25) is 9.69 Å². The number of carbonyl (C=O) groups excluding carboxylic acids is 1. The SMILES string of the molecule is Cc1ccc(Cl)cc1N1CCN(CC(=O)Nc2cccc(Cl)c2)CC1. The number of aryl methyl sites for hydroxylation is 1. The highest BCUT2D eigenvalue weighted by Gasteiger charge is 2.20. The Labute approximate surface area is 158 Å². The van der Waals surface area contributed by atoms with Crippen LogP contribution in [0.4, 0.5) is 11.4 Å². The molecule has 0 unspecified atom stereocenters. The Morgan fingerprint density at radius 1 is 1.04 bits per heavy atom. The number of piperazine rings is 1. The van der Waals surface area contributed by atoms with Crippen LogP contribution >= 0.6 is 23.2 Å². The number of carbonyl (C=O) groups is 1. The first-order chi connectivity index (χ1) is 12.0. The molecule has 1 saturated heterocycles. The number of rotatable bonds is 4. The summed E-state index contributed by atoms with van der Waals surface area (Å²) in [4.78, 5) is 16.7. The first kappa shape index (κ1) is 18.1. The highest BCUT2D eigenvalue weighted by atomic mass is 35.5. The van der Waals surface area contributed by atoms with Crippen LogP contribution < -0.4 is 10.2 Å². The van der Waals surface area contributed by atoms with E-state index in [4.69, 9.17) is 23.2 Å². The quantitative estimate of drug-likeness (QED) is 0.872. The number of halogens is 2. The van der Waals surface area contributed by atoms with Gasteiger partial charge in [-0.15, -0.1) is 0 Å². The zero-order chi connectivity index (χ0) is 17.8.